The molecule has 2 aromatic rings. The van der Waals surface area contributed by atoms with Crippen LogP contribution in [-0.2, 0) is 35.8 Å². The van der Waals surface area contributed by atoms with Gasteiger partial charge in [0.25, 0.3) is 0 Å². The zero-order valence-corrected chi connectivity index (χ0v) is 19.9. The zero-order chi connectivity index (χ0) is 24.5. The summed E-state index contributed by atoms with van der Waals surface area (Å²) in [6.45, 7) is 5.37. The lowest BCUT2D eigenvalue weighted by Gasteiger charge is -2.25. The molecule has 0 saturated heterocycles. The minimum atomic E-state index is -1.03. The summed E-state index contributed by atoms with van der Waals surface area (Å²) in [7, 11) is 0. The fourth-order valence-corrected chi connectivity index (χ4v) is 4.31. The summed E-state index contributed by atoms with van der Waals surface area (Å²) in [4.78, 5) is 16.2. The van der Waals surface area contributed by atoms with E-state index in [0.29, 0.717) is 37.0 Å². The molecule has 2 aromatic carbocycles. The lowest BCUT2D eigenvalue weighted by Crippen LogP contribution is -2.33. The number of hydrogen-bond donors (Lipinski definition) is 1. The quantitative estimate of drug-likeness (QED) is 0.598. The molecule has 0 aliphatic carbocycles. The second kappa shape index (κ2) is 9.76. The second-order valence-corrected chi connectivity index (χ2v) is 9.81. The van der Waals surface area contributed by atoms with Crippen LogP contribution in [0.15, 0.2) is 59.5 Å². The van der Waals surface area contributed by atoms with Crippen molar-refractivity contribution in [1.82, 2.24) is 9.80 Å². The molecule has 0 radical (unpaired) electrons. The topological polar surface area (TPSA) is 53.0 Å². The Morgan fingerprint density at radius 1 is 1.12 bits per heavy atom. The van der Waals surface area contributed by atoms with Crippen molar-refractivity contribution < 1.29 is 23.4 Å². The number of nitrogens with zero attached hydrogens (tertiary/aromatic N) is 2. The average molecular weight is 489 g/mol. The molecule has 1 N–H and O–H groups in total. The van der Waals surface area contributed by atoms with Crippen molar-refractivity contribution >= 4 is 17.5 Å². The Hall–Kier alpha value is -2.90. The van der Waals surface area contributed by atoms with Gasteiger partial charge in [-0.25, -0.2) is 8.78 Å². The van der Waals surface area contributed by atoms with Gasteiger partial charge in [-0.1, -0.05) is 29.8 Å². The Kier molecular flexibility index (Phi) is 6.96. The second-order valence-electron chi connectivity index (χ2n) is 9.36. The number of aliphatic hydroxyl groups is 1. The van der Waals surface area contributed by atoms with Crippen LogP contribution in [0, 0.1) is 11.6 Å². The highest BCUT2D eigenvalue weighted by Gasteiger charge is 2.27. The van der Waals surface area contributed by atoms with E-state index in [1.165, 1.54) is 12.1 Å². The number of hydrogen-bond acceptors (Lipinski definition) is 4. The smallest absolute Gasteiger partial charge is 0.226 e. The number of benzene rings is 2. The van der Waals surface area contributed by atoms with Crippen molar-refractivity contribution in [2.75, 3.05) is 6.54 Å². The Labute approximate surface area is 202 Å². The fraction of sp³-hybridized carbons (Fsp3) is 0.346. The lowest BCUT2D eigenvalue weighted by atomic mass is 10.1. The first-order valence-electron chi connectivity index (χ1n) is 11.1. The van der Waals surface area contributed by atoms with Crippen LogP contribution in [0.1, 0.15) is 42.5 Å². The van der Waals surface area contributed by atoms with Crippen molar-refractivity contribution in [2.24, 2.45) is 0 Å². The molecule has 5 nitrogen and oxygen atoms in total. The highest BCUT2D eigenvalue weighted by atomic mass is 35.5. The minimum absolute atomic E-state index is 0.0461. The van der Waals surface area contributed by atoms with Crippen LogP contribution in [0.2, 0.25) is 0 Å². The van der Waals surface area contributed by atoms with Crippen LogP contribution in [0.5, 0.6) is 0 Å². The molecule has 1 amide bonds. The first kappa shape index (κ1) is 24.2. The summed E-state index contributed by atoms with van der Waals surface area (Å²) in [5, 5.41) is 10.4. The monoisotopic (exact) mass is 488 g/mol. The van der Waals surface area contributed by atoms with Gasteiger partial charge in [0.05, 0.1) is 23.6 Å². The molecule has 4 rings (SSSR count). The molecule has 2 heterocycles. The first-order chi connectivity index (χ1) is 16.1. The van der Waals surface area contributed by atoms with Gasteiger partial charge in [0.1, 0.15) is 24.0 Å². The molecule has 0 saturated carbocycles. The number of ether oxygens (including phenoxy) is 1. The van der Waals surface area contributed by atoms with Gasteiger partial charge in [0.2, 0.25) is 5.91 Å². The number of allylic oxidation sites excluding steroid dienone is 1. The normalized spacial score (nSPS) is 15.7. The summed E-state index contributed by atoms with van der Waals surface area (Å²) in [5.74, 6) is -0.896. The van der Waals surface area contributed by atoms with Crippen molar-refractivity contribution in [3.63, 3.8) is 0 Å². The number of carbonyl (C=O) groups is 1. The number of halogens is 3. The number of fused-ring (bicyclic) bond motifs is 1. The maximum absolute atomic E-state index is 13.8. The molecule has 34 heavy (non-hydrogen) atoms. The number of carbonyl (C=O) groups excluding carboxylic acids is 1. The Morgan fingerprint density at radius 3 is 2.59 bits per heavy atom. The third-order valence-electron chi connectivity index (χ3n) is 5.76. The van der Waals surface area contributed by atoms with E-state index >= 15 is 0 Å². The summed E-state index contributed by atoms with van der Waals surface area (Å²) in [6.07, 6.45) is 3.70. The summed E-state index contributed by atoms with van der Waals surface area (Å²) in [6, 6.07) is 9.55. The SMILES string of the molecule is CC(C)(O)CC(=O)N1Cc2ccc(CN3C=CC(OCc4ccc(F)cc4F)=C(Cl)C3)cc2C1. The molecule has 8 heteroatoms. The van der Waals surface area contributed by atoms with Gasteiger partial charge in [-0.15, -0.1) is 0 Å². The maximum atomic E-state index is 13.8. The van der Waals surface area contributed by atoms with Gasteiger partial charge in [0, 0.05) is 37.5 Å². The third kappa shape index (κ3) is 5.96. The van der Waals surface area contributed by atoms with Gasteiger partial charge in [0.15, 0.2) is 0 Å². The molecular formula is C26H27ClF2N2O3. The van der Waals surface area contributed by atoms with Crippen LogP contribution in [0.25, 0.3) is 0 Å². The lowest BCUT2D eigenvalue weighted by molar-refractivity contribution is -0.135. The Bertz CT molecular complexity index is 1160. The van der Waals surface area contributed by atoms with E-state index in [9.17, 15) is 18.7 Å². The standard InChI is InChI=1S/C26H27ClF2N2O3/c1-26(2,33)11-25(32)31-13-18-4-3-17(9-20(18)14-31)12-30-8-7-24(22(27)15-30)34-16-19-5-6-21(28)10-23(19)29/h3-10,33H,11-16H2,1-2H3. The third-order valence-corrected chi connectivity index (χ3v) is 6.07. The summed E-state index contributed by atoms with van der Waals surface area (Å²) in [5.41, 5.74) is 2.53. The first-order valence-corrected chi connectivity index (χ1v) is 11.4. The number of amides is 1. The predicted molar refractivity (Wildman–Crippen MR) is 125 cm³/mol. The van der Waals surface area contributed by atoms with Crippen molar-refractivity contribution in [3.8, 4) is 0 Å². The van der Waals surface area contributed by atoms with E-state index < -0.39 is 17.2 Å². The zero-order valence-electron chi connectivity index (χ0n) is 19.2. The van der Waals surface area contributed by atoms with Gasteiger partial charge < -0.3 is 19.6 Å². The highest BCUT2D eigenvalue weighted by Crippen LogP contribution is 2.28. The predicted octanol–water partition coefficient (Wildman–Crippen LogP) is 4.96. The van der Waals surface area contributed by atoms with Crippen LogP contribution in [0.3, 0.4) is 0 Å². The van der Waals surface area contributed by atoms with Gasteiger partial charge in [-0.2, -0.15) is 0 Å². The summed E-state index contributed by atoms with van der Waals surface area (Å²) < 4.78 is 32.5. The van der Waals surface area contributed by atoms with E-state index in [1.54, 1.807) is 24.8 Å². The van der Waals surface area contributed by atoms with E-state index in [2.05, 4.69) is 6.07 Å². The molecular weight excluding hydrogens is 462 g/mol. The molecule has 2 aliphatic heterocycles. The van der Waals surface area contributed by atoms with Crippen molar-refractivity contribution in [2.45, 2.75) is 52.1 Å². The molecule has 0 aromatic heterocycles. The van der Waals surface area contributed by atoms with E-state index in [4.69, 9.17) is 16.3 Å². The Morgan fingerprint density at radius 2 is 1.88 bits per heavy atom. The minimum Gasteiger partial charge on any atom is -0.487 e. The highest BCUT2D eigenvalue weighted by molar-refractivity contribution is 6.30. The maximum Gasteiger partial charge on any atom is 0.226 e. The molecule has 0 fully saturated rings. The molecule has 0 atom stereocenters. The van der Waals surface area contributed by atoms with E-state index in [1.807, 2.05) is 23.2 Å². The average Bonchev–Trinajstić information content (AvgIpc) is 3.17. The van der Waals surface area contributed by atoms with Crippen molar-refractivity contribution in [3.05, 3.63) is 93.4 Å². The summed E-state index contributed by atoms with van der Waals surface area (Å²) >= 11 is 6.42. The largest absolute Gasteiger partial charge is 0.487 e. The van der Waals surface area contributed by atoms with Crippen LogP contribution in [-0.4, -0.2) is 33.0 Å². The molecule has 0 bridgehead atoms. The Balaban J connectivity index is 1.33. The number of rotatable bonds is 7. The molecule has 0 spiro atoms. The van der Waals surface area contributed by atoms with E-state index in [-0.39, 0.29) is 24.5 Å². The molecule has 180 valence electrons. The van der Waals surface area contributed by atoms with Crippen LogP contribution >= 0.6 is 11.6 Å². The van der Waals surface area contributed by atoms with Crippen molar-refractivity contribution in [1.29, 1.82) is 0 Å². The molecule has 2 aliphatic rings. The van der Waals surface area contributed by atoms with Crippen LogP contribution in [0.4, 0.5) is 8.78 Å². The van der Waals surface area contributed by atoms with Crippen LogP contribution < -0.4 is 0 Å². The van der Waals surface area contributed by atoms with Gasteiger partial charge in [-0.3, -0.25) is 4.79 Å². The van der Waals surface area contributed by atoms with Gasteiger partial charge in [-0.05, 0) is 48.7 Å². The molecule has 0 unspecified atom stereocenters. The van der Waals surface area contributed by atoms with E-state index in [0.717, 1.165) is 22.8 Å². The fourth-order valence-electron chi connectivity index (χ4n) is 4.04. The van der Waals surface area contributed by atoms with Gasteiger partial charge >= 0.3 is 0 Å².